The molecule has 0 bridgehead atoms. The maximum atomic E-state index is 12.8. The van der Waals surface area contributed by atoms with Gasteiger partial charge in [-0.2, -0.15) is 5.26 Å². The lowest BCUT2D eigenvalue weighted by atomic mass is 10.1. The third kappa shape index (κ3) is 2.66. The molecule has 0 fully saturated rings. The molecule has 1 atom stereocenters. The molecule has 0 aromatic heterocycles. The Labute approximate surface area is 89.4 Å². The van der Waals surface area contributed by atoms with Gasteiger partial charge in [0.2, 0.25) is 0 Å². The van der Waals surface area contributed by atoms with Crippen LogP contribution < -0.4 is 0 Å². The third-order valence-corrected chi connectivity index (χ3v) is 2.25. The largest absolute Gasteiger partial charge is 0.384 e. The van der Waals surface area contributed by atoms with E-state index in [1.807, 2.05) is 0 Å². The van der Waals surface area contributed by atoms with E-state index in [0.717, 1.165) is 0 Å². The normalized spacial score (nSPS) is 12.7. The zero-order valence-electron chi connectivity index (χ0n) is 7.11. The topological polar surface area (TPSA) is 44.0 Å². The molecule has 0 amide bonds. The van der Waals surface area contributed by atoms with Crippen LogP contribution in [0.5, 0.6) is 0 Å². The fraction of sp³-hybridized carbons (Fsp3) is 0.100. The highest BCUT2D eigenvalue weighted by Gasteiger charge is 2.06. The number of aliphatic hydroxyl groups excluding tert-OH is 1. The Kier molecular flexibility index (Phi) is 3.81. The molecule has 14 heavy (non-hydrogen) atoms. The quantitative estimate of drug-likeness (QED) is 0.826. The summed E-state index contributed by atoms with van der Waals surface area (Å²) >= 11 is 3.01. The van der Waals surface area contributed by atoms with E-state index in [9.17, 15) is 9.50 Å². The van der Waals surface area contributed by atoms with Crippen LogP contribution in [-0.4, -0.2) is 5.11 Å². The van der Waals surface area contributed by atoms with Crippen molar-refractivity contribution in [2.24, 2.45) is 0 Å². The smallest absolute Gasteiger partial charge is 0.137 e. The summed E-state index contributed by atoms with van der Waals surface area (Å²) in [6.07, 6.45) is 1.63. The molecule has 1 N–H and O–H groups in total. The summed E-state index contributed by atoms with van der Waals surface area (Å²) in [5.41, 5.74) is 0.532. The molecule has 0 saturated carbocycles. The summed E-state index contributed by atoms with van der Waals surface area (Å²) in [4.78, 5) is 0. The number of hydrogen-bond acceptors (Lipinski definition) is 2. The minimum atomic E-state index is -0.883. The van der Waals surface area contributed by atoms with E-state index >= 15 is 0 Å². The molecule has 0 aliphatic carbocycles. The standard InChI is InChI=1S/C10H7BrFNO/c11-8-6-7(3-4-9(8)12)10(14)2-1-5-13/h1-4,6,10,14H/b2-1+. The van der Waals surface area contributed by atoms with Gasteiger partial charge in [0.25, 0.3) is 0 Å². The number of rotatable bonds is 2. The molecular formula is C10H7BrFNO. The molecule has 0 heterocycles. The van der Waals surface area contributed by atoms with Crippen LogP contribution in [0.15, 0.2) is 34.8 Å². The Bertz CT molecular complexity index is 398. The van der Waals surface area contributed by atoms with Crippen molar-refractivity contribution in [2.45, 2.75) is 6.10 Å². The van der Waals surface area contributed by atoms with E-state index in [1.165, 1.54) is 30.4 Å². The highest BCUT2D eigenvalue weighted by Crippen LogP contribution is 2.21. The van der Waals surface area contributed by atoms with Gasteiger partial charge in [-0.05, 0) is 39.7 Å². The number of nitrogens with zero attached hydrogens (tertiary/aromatic N) is 1. The maximum Gasteiger partial charge on any atom is 0.137 e. The van der Waals surface area contributed by atoms with E-state index in [4.69, 9.17) is 5.26 Å². The Hall–Kier alpha value is -1.18. The molecule has 1 unspecified atom stereocenters. The highest BCUT2D eigenvalue weighted by atomic mass is 79.9. The summed E-state index contributed by atoms with van der Waals surface area (Å²) in [6.45, 7) is 0. The second-order valence-electron chi connectivity index (χ2n) is 2.61. The van der Waals surface area contributed by atoms with Crippen LogP contribution >= 0.6 is 15.9 Å². The molecule has 0 spiro atoms. The molecular weight excluding hydrogens is 249 g/mol. The Morgan fingerprint density at radius 3 is 2.86 bits per heavy atom. The lowest BCUT2D eigenvalue weighted by molar-refractivity contribution is 0.228. The molecule has 4 heteroatoms. The monoisotopic (exact) mass is 255 g/mol. The molecule has 2 nitrogen and oxygen atoms in total. The fourth-order valence-corrected chi connectivity index (χ4v) is 1.34. The van der Waals surface area contributed by atoms with Crippen LogP contribution in [0.4, 0.5) is 4.39 Å². The van der Waals surface area contributed by atoms with E-state index in [2.05, 4.69) is 15.9 Å². The lowest BCUT2D eigenvalue weighted by Gasteiger charge is -2.05. The summed E-state index contributed by atoms with van der Waals surface area (Å²) < 4.78 is 13.1. The van der Waals surface area contributed by atoms with Gasteiger partial charge in [-0.25, -0.2) is 4.39 Å². The predicted octanol–water partition coefficient (Wildman–Crippen LogP) is 2.70. The number of halogens is 2. The first kappa shape index (κ1) is 10.9. The van der Waals surface area contributed by atoms with Gasteiger partial charge in [0.1, 0.15) is 5.82 Å². The molecule has 72 valence electrons. The van der Waals surface area contributed by atoms with Gasteiger partial charge in [-0.1, -0.05) is 6.07 Å². The van der Waals surface area contributed by atoms with Crippen molar-refractivity contribution < 1.29 is 9.50 Å². The molecule has 1 rings (SSSR count). The number of aliphatic hydroxyl groups is 1. The van der Waals surface area contributed by atoms with Gasteiger partial charge < -0.3 is 5.11 Å². The van der Waals surface area contributed by atoms with Gasteiger partial charge in [0.05, 0.1) is 16.6 Å². The van der Waals surface area contributed by atoms with Crippen LogP contribution in [0, 0.1) is 17.1 Å². The van der Waals surface area contributed by atoms with Crippen LogP contribution in [0.3, 0.4) is 0 Å². The summed E-state index contributed by atoms with van der Waals surface area (Å²) in [5.74, 6) is -0.384. The summed E-state index contributed by atoms with van der Waals surface area (Å²) in [7, 11) is 0. The van der Waals surface area contributed by atoms with E-state index in [-0.39, 0.29) is 5.82 Å². The first-order valence-corrected chi connectivity index (χ1v) is 4.63. The van der Waals surface area contributed by atoms with E-state index in [0.29, 0.717) is 10.0 Å². The average molecular weight is 256 g/mol. The summed E-state index contributed by atoms with van der Waals surface area (Å²) in [5, 5.41) is 17.7. The van der Waals surface area contributed by atoms with Gasteiger partial charge in [0.15, 0.2) is 0 Å². The summed E-state index contributed by atoms with van der Waals surface area (Å²) in [6, 6.07) is 5.96. The Morgan fingerprint density at radius 1 is 1.57 bits per heavy atom. The molecule has 1 aromatic carbocycles. The van der Waals surface area contributed by atoms with Crippen LogP contribution in [0.1, 0.15) is 11.7 Å². The van der Waals surface area contributed by atoms with Crippen molar-refractivity contribution in [3.63, 3.8) is 0 Å². The predicted molar refractivity (Wildman–Crippen MR) is 53.8 cm³/mol. The second-order valence-corrected chi connectivity index (χ2v) is 3.46. The van der Waals surface area contributed by atoms with E-state index in [1.54, 1.807) is 6.07 Å². The Morgan fingerprint density at radius 2 is 2.29 bits per heavy atom. The van der Waals surface area contributed by atoms with Gasteiger partial charge in [-0.15, -0.1) is 0 Å². The van der Waals surface area contributed by atoms with Crippen molar-refractivity contribution in [3.8, 4) is 6.07 Å². The third-order valence-electron chi connectivity index (χ3n) is 1.64. The van der Waals surface area contributed by atoms with Gasteiger partial charge in [-0.3, -0.25) is 0 Å². The fourth-order valence-electron chi connectivity index (χ4n) is 0.942. The van der Waals surface area contributed by atoms with Crippen LogP contribution in [0.2, 0.25) is 0 Å². The van der Waals surface area contributed by atoms with Crippen LogP contribution in [-0.2, 0) is 0 Å². The minimum absolute atomic E-state index is 0.291. The maximum absolute atomic E-state index is 12.8. The molecule has 0 aliphatic heterocycles. The van der Waals surface area contributed by atoms with Gasteiger partial charge >= 0.3 is 0 Å². The molecule has 0 saturated heterocycles. The lowest BCUT2D eigenvalue weighted by Crippen LogP contribution is -1.93. The second kappa shape index (κ2) is 4.89. The molecule has 0 aliphatic rings. The number of hydrogen-bond donors (Lipinski definition) is 1. The SMILES string of the molecule is N#C/C=C/C(O)c1ccc(F)c(Br)c1. The zero-order valence-corrected chi connectivity index (χ0v) is 8.70. The van der Waals surface area contributed by atoms with Crippen molar-refractivity contribution in [2.75, 3.05) is 0 Å². The first-order valence-electron chi connectivity index (χ1n) is 3.84. The number of allylic oxidation sites excluding steroid dienone is 1. The molecule has 0 radical (unpaired) electrons. The van der Waals surface area contributed by atoms with Crippen molar-refractivity contribution in [3.05, 3.63) is 46.2 Å². The zero-order chi connectivity index (χ0) is 10.6. The Balaban J connectivity index is 2.92. The van der Waals surface area contributed by atoms with Crippen molar-refractivity contribution in [1.29, 1.82) is 5.26 Å². The average Bonchev–Trinajstić information content (AvgIpc) is 2.18. The first-order chi connectivity index (χ1) is 6.65. The van der Waals surface area contributed by atoms with Gasteiger partial charge in [0, 0.05) is 6.08 Å². The van der Waals surface area contributed by atoms with E-state index < -0.39 is 6.10 Å². The van der Waals surface area contributed by atoms with Crippen molar-refractivity contribution >= 4 is 15.9 Å². The van der Waals surface area contributed by atoms with Crippen molar-refractivity contribution in [1.82, 2.24) is 0 Å². The molecule has 1 aromatic rings. The highest BCUT2D eigenvalue weighted by molar-refractivity contribution is 9.10. The minimum Gasteiger partial charge on any atom is -0.384 e. The number of benzene rings is 1. The van der Waals surface area contributed by atoms with Crippen LogP contribution in [0.25, 0.3) is 0 Å². The number of nitriles is 1.